The van der Waals surface area contributed by atoms with E-state index in [4.69, 9.17) is 11.6 Å². The van der Waals surface area contributed by atoms with Gasteiger partial charge in [-0.05, 0) is 42.4 Å². The first-order valence-corrected chi connectivity index (χ1v) is 5.51. The van der Waals surface area contributed by atoms with E-state index in [1.54, 1.807) is 12.4 Å². The van der Waals surface area contributed by atoms with Crippen molar-refractivity contribution < 1.29 is 0 Å². The van der Waals surface area contributed by atoms with Crippen LogP contribution in [-0.2, 0) is 0 Å². The second-order valence-electron chi connectivity index (χ2n) is 3.56. The van der Waals surface area contributed by atoms with Crippen LogP contribution in [0.15, 0.2) is 48.8 Å². The van der Waals surface area contributed by atoms with E-state index in [1.807, 2.05) is 37.4 Å². The Morgan fingerprint density at radius 2 is 1.88 bits per heavy atom. The molecule has 0 fully saturated rings. The molecule has 1 aromatic carbocycles. The van der Waals surface area contributed by atoms with Gasteiger partial charge < -0.3 is 5.32 Å². The molecule has 16 heavy (non-hydrogen) atoms. The molecule has 1 heterocycles. The van der Waals surface area contributed by atoms with E-state index in [0.717, 1.165) is 10.6 Å². The molecule has 0 amide bonds. The summed E-state index contributed by atoms with van der Waals surface area (Å²) in [7, 11) is 1.94. The number of halogens is 1. The van der Waals surface area contributed by atoms with Gasteiger partial charge in [-0.25, -0.2) is 0 Å². The average molecular weight is 233 g/mol. The molecular weight excluding hydrogens is 220 g/mol. The van der Waals surface area contributed by atoms with Gasteiger partial charge in [-0.2, -0.15) is 0 Å². The molecule has 1 atom stereocenters. The predicted molar refractivity (Wildman–Crippen MR) is 66.6 cm³/mol. The van der Waals surface area contributed by atoms with Gasteiger partial charge in [0.2, 0.25) is 0 Å². The van der Waals surface area contributed by atoms with Crippen LogP contribution in [0, 0.1) is 0 Å². The molecule has 3 heteroatoms. The largest absolute Gasteiger partial charge is 0.309 e. The predicted octanol–water partition coefficient (Wildman–Crippen LogP) is 3.04. The van der Waals surface area contributed by atoms with Gasteiger partial charge in [0.15, 0.2) is 0 Å². The fraction of sp³-hybridized carbons (Fsp3) is 0.154. The highest BCUT2D eigenvalue weighted by atomic mass is 35.5. The summed E-state index contributed by atoms with van der Waals surface area (Å²) >= 11 is 5.99. The quantitative estimate of drug-likeness (QED) is 0.880. The van der Waals surface area contributed by atoms with Crippen LogP contribution >= 0.6 is 11.6 Å². The third-order valence-corrected chi connectivity index (χ3v) is 2.75. The van der Waals surface area contributed by atoms with Gasteiger partial charge >= 0.3 is 0 Å². The first-order chi connectivity index (χ1) is 7.81. The van der Waals surface area contributed by atoms with Crippen LogP contribution in [0.4, 0.5) is 0 Å². The fourth-order valence-electron chi connectivity index (χ4n) is 1.77. The summed E-state index contributed by atoms with van der Waals surface area (Å²) in [5.41, 5.74) is 2.33. The highest BCUT2D eigenvalue weighted by Crippen LogP contribution is 2.23. The highest BCUT2D eigenvalue weighted by molar-refractivity contribution is 6.30. The van der Waals surface area contributed by atoms with Crippen LogP contribution in [0.3, 0.4) is 0 Å². The minimum absolute atomic E-state index is 0.154. The van der Waals surface area contributed by atoms with E-state index in [9.17, 15) is 0 Å². The van der Waals surface area contributed by atoms with Crippen molar-refractivity contribution in [2.75, 3.05) is 7.05 Å². The van der Waals surface area contributed by atoms with Crippen molar-refractivity contribution in [3.63, 3.8) is 0 Å². The maximum Gasteiger partial charge on any atom is 0.0575 e. The van der Waals surface area contributed by atoms with Crippen LogP contribution < -0.4 is 5.32 Å². The topological polar surface area (TPSA) is 24.9 Å². The minimum atomic E-state index is 0.154. The third kappa shape index (κ3) is 2.40. The number of hydrogen-bond acceptors (Lipinski definition) is 2. The number of pyridine rings is 1. The zero-order chi connectivity index (χ0) is 11.4. The molecule has 2 rings (SSSR count). The van der Waals surface area contributed by atoms with E-state index in [1.165, 1.54) is 5.56 Å². The number of aromatic nitrogens is 1. The van der Waals surface area contributed by atoms with Crippen LogP contribution in [-0.4, -0.2) is 12.0 Å². The van der Waals surface area contributed by atoms with E-state index in [0.29, 0.717) is 0 Å². The molecule has 0 spiro atoms. The molecule has 2 nitrogen and oxygen atoms in total. The third-order valence-electron chi connectivity index (χ3n) is 2.51. The van der Waals surface area contributed by atoms with Crippen molar-refractivity contribution in [1.82, 2.24) is 10.3 Å². The Bertz CT molecular complexity index is 456. The Kier molecular flexibility index (Phi) is 3.54. The van der Waals surface area contributed by atoms with Gasteiger partial charge in [-0.3, -0.25) is 4.98 Å². The fourth-order valence-corrected chi connectivity index (χ4v) is 1.97. The number of rotatable bonds is 3. The second-order valence-corrected chi connectivity index (χ2v) is 3.99. The first kappa shape index (κ1) is 11.1. The molecule has 0 bridgehead atoms. The van der Waals surface area contributed by atoms with Gasteiger partial charge in [-0.15, -0.1) is 0 Å². The molecular formula is C13H13ClN2. The van der Waals surface area contributed by atoms with Gasteiger partial charge in [-0.1, -0.05) is 23.7 Å². The van der Waals surface area contributed by atoms with Crippen molar-refractivity contribution in [3.8, 4) is 0 Å². The van der Waals surface area contributed by atoms with E-state index < -0.39 is 0 Å². The summed E-state index contributed by atoms with van der Waals surface area (Å²) in [4.78, 5) is 4.02. The lowest BCUT2D eigenvalue weighted by Gasteiger charge is -2.17. The molecule has 82 valence electrons. The van der Waals surface area contributed by atoms with Crippen molar-refractivity contribution in [2.45, 2.75) is 6.04 Å². The smallest absolute Gasteiger partial charge is 0.0575 e. The van der Waals surface area contributed by atoms with Gasteiger partial charge in [0.1, 0.15) is 0 Å². The summed E-state index contributed by atoms with van der Waals surface area (Å²) < 4.78 is 0. The summed E-state index contributed by atoms with van der Waals surface area (Å²) in [5, 5.41) is 4.03. The van der Waals surface area contributed by atoms with Gasteiger partial charge in [0.25, 0.3) is 0 Å². The molecule has 0 aliphatic rings. The summed E-state index contributed by atoms with van der Waals surface area (Å²) in [6.07, 6.45) is 3.59. The molecule has 1 aromatic heterocycles. The molecule has 0 saturated heterocycles. The highest BCUT2D eigenvalue weighted by Gasteiger charge is 2.11. The molecule has 0 saturated carbocycles. The van der Waals surface area contributed by atoms with Crippen molar-refractivity contribution >= 4 is 11.6 Å². The first-order valence-electron chi connectivity index (χ1n) is 5.14. The monoisotopic (exact) mass is 232 g/mol. The zero-order valence-electron chi connectivity index (χ0n) is 9.02. The molecule has 0 aliphatic heterocycles. The van der Waals surface area contributed by atoms with Crippen molar-refractivity contribution in [3.05, 3.63) is 64.9 Å². The lowest BCUT2D eigenvalue weighted by molar-refractivity contribution is 0.691. The maximum absolute atomic E-state index is 5.99. The second kappa shape index (κ2) is 5.10. The summed E-state index contributed by atoms with van der Waals surface area (Å²) in [5.74, 6) is 0. The van der Waals surface area contributed by atoms with E-state index in [2.05, 4.69) is 16.4 Å². The van der Waals surface area contributed by atoms with Gasteiger partial charge in [0, 0.05) is 17.4 Å². The molecule has 1 N–H and O–H groups in total. The number of benzene rings is 1. The lowest BCUT2D eigenvalue weighted by atomic mass is 10.00. The average Bonchev–Trinajstić information content (AvgIpc) is 2.31. The Morgan fingerprint density at radius 3 is 2.50 bits per heavy atom. The van der Waals surface area contributed by atoms with Crippen LogP contribution in [0.5, 0.6) is 0 Å². The molecule has 0 aliphatic carbocycles. The Balaban J connectivity index is 2.37. The van der Waals surface area contributed by atoms with Crippen LogP contribution in [0.25, 0.3) is 0 Å². The molecule has 1 unspecified atom stereocenters. The number of nitrogens with zero attached hydrogens (tertiary/aromatic N) is 1. The SMILES string of the molecule is CNC(c1ccncc1)c1cccc(Cl)c1. The van der Waals surface area contributed by atoms with E-state index >= 15 is 0 Å². The Labute approximate surface area is 100 Å². The van der Waals surface area contributed by atoms with Crippen LogP contribution in [0.1, 0.15) is 17.2 Å². The number of hydrogen-bond donors (Lipinski definition) is 1. The maximum atomic E-state index is 5.99. The molecule has 2 aromatic rings. The summed E-state index contributed by atoms with van der Waals surface area (Å²) in [6.45, 7) is 0. The normalized spacial score (nSPS) is 12.4. The Morgan fingerprint density at radius 1 is 1.12 bits per heavy atom. The standard InChI is InChI=1S/C13H13ClN2/c1-15-13(10-5-7-16-8-6-10)11-3-2-4-12(14)9-11/h2-9,13,15H,1H3. The molecule has 0 radical (unpaired) electrons. The van der Waals surface area contributed by atoms with Crippen molar-refractivity contribution in [2.24, 2.45) is 0 Å². The van der Waals surface area contributed by atoms with Crippen molar-refractivity contribution in [1.29, 1.82) is 0 Å². The number of nitrogens with one attached hydrogen (secondary N) is 1. The van der Waals surface area contributed by atoms with Gasteiger partial charge in [0.05, 0.1) is 6.04 Å². The zero-order valence-corrected chi connectivity index (χ0v) is 9.78. The van der Waals surface area contributed by atoms with Crippen LogP contribution in [0.2, 0.25) is 5.02 Å². The lowest BCUT2D eigenvalue weighted by Crippen LogP contribution is -2.17. The summed E-state index contributed by atoms with van der Waals surface area (Å²) in [6, 6.07) is 12.0. The minimum Gasteiger partial charge on any atom is -0.309 e. The Hall–Kier alpha value is -1.38. The van der Waals surface area contributed by atoms with E-state index in [-0.39, 0.29) is 6.04 Å².